The molecule has 2 atom stereocenters. The van der Waals surface area contributed by atoms with Crippen molar-refractivity contribution in [2.24, 2.45) is 5.84 Å². The standard InChI is InChI=1S/C12H24N6S/c1-9(2)18-12(14-8-15-18)6-10(16-13)11-7-19-5-4-17(11)3/h8-11,16H,4-7,13H2,1-3H3. The molecular formula is C12H24N6S. The summed E-state index contributed by atoms with van der Waals surface area (Å²) in [4.78, 5) is 6.76. The molecule has 2 rings (SSSR count). The van der Waals surface area contributed by atoms with E-state index in [1.165, 1.54) is 5.75 Å². The second-order valence-electron chi connectivity index (χ2n) is 5.31. The summed E-state index contributed by atoms with van der Waals surface area (Å²) in [6.45, 7) is 5.35. The first-order chi connectivity index (χ1) is 9.13. The molecule has 0 spiro atoms. The number of hydrogen-bond donors (Lipinski definition) is 2. The molecule has 0 aliphatic carbocycles. The predicted octanol–water partition coefficient (Wildman–Crippen LogP) is 0.281. The van der Waals surface area contributed by atoms with Crippen molar-refractivity contribution in [2.45, 2.75) is 38.4 Å². The fraction of sp³-hybridized carbons (Fsp3) is 0.833. The van der Waals surface area contributed by atoms with Gasteiger partial charge in [0.25, 0.3) is 0 Å². The van der Waals surface area contributed by atoms with Gasteiger partial charge in [0.1, 0.15) is 12.2 Å². The number of nitrogens with two attached hydrogens (primary N) is 1. The second kappa shape index (κ2) is 6.69. The van der Waals surface area contributed by atoms with Crippen LogP contribution in [0.1, 0.15) is 25.7 Å². The molecular weight excluding hydrogens is 260 g/mol. The van der Waals surface area contributed by atoms with Crippen LogP contribution in [-0.4, -0.2) is 56.8 Å². The minimum Gasteiger partial charge on any atom is -0.300 e. The van der Waals surface area contributed by atoms with Gasteiger partial charge >= 0.3 is 0 Å². The fourth-order valence-corrected chi connectivity index (χ4v) is 3.80. The molecule has 1 aliphatic heterocycles. The average Bonchev–Trinajstić information content (AvgIpc) is 2.85. The smallest absolute Gasteiger partial charge is 0.138 e. The molecule has 1 fully saturated rings. The monoisotopic (exact) mass is 284 g/mol. The number of aromatic nitrogens is 3. The molecule has 3 N–H and O–H groups in total. The number of nitrogens with one attached hydrogen (secondary N) is 1. The molecule has 0 aromatic carbocycles. The largest absolute Gasteiger partial charge is 0.300 e. The van der Waals surface area contributed by atoms with Crippen molar-refractivity contribution in [1.82, 2.24) is 25.1 Å². The van der Waals surface area contributed by atoms with Crippen LogP contribution in [0.2, 0.25) is 0 Å². The highest BCUT2D eigenvalue weighted by Crippen LogP contribution is 2.19. The summed E-state index contributed by atoms with van der Waals surface area (Å²) in [5.41, 5.74) is 2.97. The van der Waals surface area contributed by atoms with Crippen molar-refractivity contribution in [3.63, 3.8) is 0 Å². The van der Waals surface area contributed by atoms with Gasteiger partial charge in [0.15, 0.2) is 0 Å². The van der Waals surface area contributed by atoms with Crippen molar-refractivity contribution in [2.75, 3.05) is 25.1 Å². The van der Waals surface area contributed by atoms with Crippen LogP contribution in [-0.2, 0) is 6.42 Å². The van der Waals surface area contributed by atoms with E-state index in [4.69, 9.17) is 5.84 Å². The zero-order valence-corrected chi connectivity index (χ0v) is 12.7. The molecule has 0 saturated carbocycles. The van der Waals surface area contributed by atoms with E-state index < -0.39 is 0 Å². The lowest BCUT2D eigenvalue weighted by atomic mass is 10.0. The Morgan fingerprint density at radius 1 is 1.58 bits per heavy atom. The number of nitrogens with zero attached hydrogens (tertiary/aromatic N) is 4. The summed E-state index contributed by atoms with van der Waals surface area (Å²) < 4.78 is 1.97. The zero-order chi connectivity index (χ0) is 13.8. The van der Waals surface area contributed by atoms with Crippen LogP contribution in [0.4, 0.5) is 0 Å². The Morgan fingerprint density at radius 2 is 2.37 bits per heavy atom. The summed E-state index contributed by atoms with van der Waals surface area (Å²) >= 11 is 1.99. The lowest BCUT2D eigenvalue weighted by molar-refractivity contribution is 0.211. The Labute approximate surface area is 119 Å². The first kappa shape index (κ1) is 14.8. The van der Waals surface area contributed by atoms with Gasteiger partial charge in [-0.15, -0.1) is 0 Å². The summed E-state index contributed by atoms with van der Waals surface area (Å²) in [5.74, 6) is 9.08. The van der Waals surface area contributed by atoms with Gasteiger partial charge in [0.2, 0.25) is 0 Å². The molecule has 2 heterocycles. The maximum absolute atomic E-state index is 5.77. The Balaban J connectivity index is 2.07. The van der Waals surface area contributed by atoms with Crippen molar-refractivity contribution < 1.29 is 0 Å². The first-order valence-electron chi connectivity index (χ1n) is 6.76. The van der Waals surface area contributed by atoms with Gasteiger partial charge in [-0.3, -0.25) is 11.3 Å². The summed E-state index contributed by atoms with van der Waals surface area (Å²) in [6, 6.07) is 0.981. The molecule has 1 aromatic heterocycles. The number of thioether (sulfide) groups is 1. The van der Waals surface area contributed by atoms with E-state index in [1.807, 2.05) is 16.4 Å². The van der Waals surface area contributed by atoms with E-state index >= 15 is 0 Å². The SMILES string of the molecule is CC(C)n1ncnc1CC(NN)C1CSCCN1C. The number of rotatable bonds is 5. The molecule has 1 saturated heterocycles. The van der Waals surface area contributed by atoms with E-state index in [9.17, 15) is 0 Å². The molecule has 0 amide bonds. The molecule has 2 unspecified atom stereocenters. The highest BCUT2D eigenvalue weighted by molar-refractivity contribution is 7.99. The Kier molecular flexibility index (Phi) is 5.20. The van der Waals surface area contributed by atoms with Crippen LogP contribution in [0.5, 0.6) is 0 Å². The Morgan fingerprint density at radius 3 is 3.00 bits per heavy atom. The van der Waals surface area contributed by atoms with Gasteiger partial charge in [-0.1, -0.05) is 0 Å². The lowest BCUT2D eigenvalue weighted by Crippen LogP contribution is -2.55. The highest BCUT2D eigenvalue weighted by Gasteiger charge is 2.28. The van der Waals surface area contributed by atoms with Crippen LogP contribution in [0, 0.1) is 0 Å². The topological polar surface area (TPSA) is 72.0 Å². The van der Waals surface area contributed by atoms with E-state index in [0.717, 1.165) is 24.5 Å². The molecule has 1 aromatic rings. The molecule has 0 bridgehead atoms. The summed E-state index contributed by atoms with van der Waals surface area (Å²) in [6.07, 6.45) is 2.44. The third kappa shape index (κ3) is 3.47. The van der Waals surface area contributed by atoms with Gasteiger partial charge in [0, 0.05) is 42.6 Å². The van der Waals surface area contributed by atoms with Gasteiger partial charge in [-0.05, 0) is 20.9 Å². The lowest BCUT2D eigenvalue weighted by Gasteiger charge is -2.37. The van der Waals surface area contributed by atoms with Gasteiger partial charge in [-0.2, -0.15) is 16.9 Å². The van der Waals surface area contributed by atoms with Crippen LogP contribution < -0.4 is 11.3 Å². The van der Waals surface area contributed by atoms with E-state index in [1.54, 1.807) is 6.33 Å². The fourth-order valence-electron chi connectivity index (χ4n) is 2.48. The third-order valence-electron chi connectivity index (χ3n) is 3.66. The van der Waals surface area contributed by atoms with Crippen LogP contribution >= 0.6 is 11.8 Å². The maximum Gasteiger partial charge on any atom is 0.138 e. The van der Waals surface area contributed by atoms with Crippen molar-refractivity contribution in [3.05, 3.63) is 12.2 Å². The number of hydrazine groups is 1. The molecule has 0 radical (unpaired) electrons. The zero-order valence-electron chi connectivity index (χ0n) is 11.9. The summed E-state index contributed by atoms with van der Waals surface area (Å²) in [5, 5.41) is 4.29. The van der Waals surface area contributed by atoms with Gasteiger partial charge in [0.05, 0.1) is 0 Å². The van der Waals surface area contributed by atoms with Crippen LogP contribution in [0.25, 0.3) is 0 Å². The molecule has 6 nitrogen and oxygen atoms in total. The minimum absolute atomic E-state index is 0.208. The molecule has 7 heteroatoms. The first-order valence-corrected chi connectivity index (χ1v) is 7.91. The van der Waals surface area contributed by atoms with Gasteiger partial charge in [-0.25, -0.2) is 9.67 Å². The third-order valence-corrected chi connectivity index (χ3v) is 4.71. The normalized spacial score (nSPS) is 22.9. The predicted molar refractivity (Wildman–Crippen MR) is 79.0 cm³/mol. The Hall–Kier alpha value is -0.630. The van der Waals surface area contributed by atoms with Crippen LogP contribution in [0.3, 0.4) is 0 Å². The van der Waals surface area contributed by atoms with Crippen molar-refractivity contribution in [3.8, 4) is 0 Å². The minimum atomic E-state index is 0.208. The van der Waals surface area contributed by atoms with Gasteiger partial charge < -0.3 is 4.90 Å². The Bertz CT molecular complexity index is 393. The van der Waals surface area contributed by atoms with Crippen molar-refractivity contribution in [1.29, 1.82) is 0 Å². The molecule has 108 valence electrons. The van der Waals surface area contributed by atoms with E-state index in [0.29, 0.717) is 12.1 Å². The van der Waals surface area contributed by atoms with Crippen LogP contribution in [0.15, 0.2) is 6.33 Å². The summed E-state index contributed by atoms with van der Waals surface area (Å²) in [7, 11) is 2.17. The van der Waals surface area contributed by atoms with Crippen molar-refractivity contribution >= 4 is 11.8 Å². The second-order valence-corrected chi connectivity index (χ2v) is 6.46. The maximum atomic E-state index is 5.77. The quantitative estimate of drug-likeness (QED) is 0.598. The van der Waals surface area contributed by atoms with E-state index in [-0.39, 0.29) is 6.04 Å². The number of hydrogen-bond acceptors (Lipinski definition) is 6. The van der Waals surface area contributed by atoms with E-state index in [2.05, 4.69) is 41.3 Å². The average molecular weight is 284 g/mol. The number of likely N-dealkylation sites (N-methyl/N-ethyl adjacent to an activating group) is 1. The highest BCUT2D eigenvalue weighted by atomic mass is 32.2. The molecule has 1 aliphatic rings. The molecule has 19 heavy (non-hydrogen) atoms.